The number of para-hydroxylation sites is 1. The molecule has 0 saturated carbocycles. The first-order valence-corrected chi connectivity index (χ1v) is 9.57. The highest BCUT2D eigenvalue weighted by Crippen LogP contribution is 2.34. The number of rotatable bonds is 4. The van der Waals surface area contributed by atoms with Gasteiger partial charge in [0.2, 0.25) is 0 Å². The van der Waals surface area contributed by atoms with Gasteiger partial charge in [0, 0.05) is 10.6 Å². The summed E-state index contributed by atoms with van der Waals surface area (Å²) in [5, 5.41) is 6.22. The van der Waals surface area contributed by atoms with E-state index in [-0.39, 0.29) is 6.10 Å². The van der Waals surface area contributed by atoms with Crippen LogP contribution < -0.4 is 10.2 Å². The van der Waals surface area contributed by atoms with E-state index in [1.54, 1.807) is 36.4 Å². The van der Waals surface area contributed by atoms with Crippen molar-refractivity contribution in [3.05, 3.63) is 52.9 Å². The molecule has 0 atom stereocenters. The number of anilines is 2. The third-order valence-corrected chi connectivity index (χ3v) is 5.41. The summed E-state index contributed by atoms with van der Waals surface area (Å²) in [4.78, 5) is 30.0. The van der Waals surface area contributed by atoms with Crippen LogP contribution in [0.5, 0.6) is 0 Å². The molecule has 156 valence electrons. The topological polar surface area (TPSA) is 80.2 Å². The predicted octanol–water partition coefficient (Wildman–Crippen LogP) is 4.04. The molecule has 1 aromatic carbocycles. The number of oxime groups is 1. The molecular weight excluding hydrogens is 423 g/mol. The Bertz CT molecular complexity index is 1030. The Morgan fingerprint density at radius 1 is 1.23 bits per heavy atom. The van der Waals surface area contributed by atoms with Crippen molar-refractivity contribution < 1.29 is 32.3 Å². The molecular formula is C19H14F3N3O4S. The number of thiophene rings is 1. The van der Waals surface area contributed by atoms with Crippen LogP contribution in [0.1, 0.15) is 4.88 Å². The maximum absolute atomic E-state index is 12.9. The molecule has 11 heteroatoms. The molecule has 7 nitrogen and oxygen atoms in total. The molecule has 1 fully saturated rings. The fourth-order valence-corrected chi connectivity index (χ4v) is 3.83. The van der Waals surface area contributed by atoms with Crippen LogP contribution in [0.25, 0.3) is 6.08 Å². The molecule has 2 aliphatic heterocycles. The average molecular weight is 437 g/mol. The zero-order chi connectivity index (χ0) is 21.3. The summed E-state index contributed by atoms with van der Waals surface area (Å²) in [6.07, 6.45) is -4.52. The molecule has 2 aromatic rings. The van der Waals surface area contributed by atoms with E-state index in [9.17, 15) is 22.8 Å². The lowest BCUT2D eigenvalue weighted by molar-refractivity contribution is -0.136. The van der Waals surface area contributed by atoms with Crippen molar-refractivity contribution in [3.8, 4) is 0 Å². The summed E-state index contributed by atoms with van der Waals surface area (Å²) >= 11 is 1.21. The first-order valence-electron chi connectivity index (χ1n) is 8.75. The lowest BCUT2D eigenvalue weighted by atomic mass is 10.1. The highest BCUT2D eigenvalue weighted by molar-refractivity contribution is 7.17. The summed E-state index contributed by atoms with van der Waals surface area (Å²) in [5.41, 5.74) is -1.34. The molecule has 30 heavy (non-hydrogen) atoms. The Kier molecular flexibility index (Phi) is 5.20. The second-order valence-electron chi connectivity index (χ2n) is 6.47. The minimum absolute atomic E-state index is 0.300. The maximum Gasteiger partial charge on any atom is 0.437 e. The lowest BCUT2D eigenvalue weighted by Crippen LogP contribution is -2.53. The highest BCUT2D eigenvalue weighted by atomic mass is 32.1. The highest BCUT2D eigenvalue weighted by Gasteiger charge is 2.45. The molecule has 4 rings (SSSR count). The molecule has 1 N–H and O–H groups in total. The molecule has 1 saturated heterocycles. The molecule has 0 bridgehead atoms. The van der Waals surface area contributed by atoms with Gasteiger partial charge < -0.3 is 14.5 Å². The van der Waals surface area contributed by atoms with E-state index < -0.39 is 29.5 Å². The van der Waals surface area contributed by atoms with Crippen molar-refractivity contribution in [1.29, 1.82) is 0 Å². The maximum atomic E-state index is 12.9. The number of carbonyl (C=O) groups is 2. The van der Waals surface area contributed by atoms with E-state index in [1.165, 1.54) is 11.3 Å². The molecule has 0 radical (unpaired) electrons. The number of halogens is 3. The standard InChI is InChI=1S/C19H14F3N3O4S/c20-19(21,22)16-14(17(26)29-24-16)8-13-6-7-15(30-13)25-9-12(10-25)28-18(27)23-11-4-2-1-3-5-11/h1-8,12H,9-10H2,(H,23,27). The van der Waals surface area contributed by atoms with E-state index in [1.807, 2.05) is 11.0 Å². The predicted molar refractivity (Wildman–Crippen MR) is 104 cm³/mol. The second-order valence-corrected chi connectivity index (χ2v) is 7.57. The van der Waals surface area contributed by atoms with Crippen molar-refractivity contribution in [2.45, 2.75) is 12.3 Å². The number of amides is 1. The van der Waals surface area contributed by atoms with Crippen molar-refractivity contribution in [2.24, 2.45) is 5.16 Å². The van der Waals surface area contributed by atoms with E-state index in [4.69, 9.17) is 4.74 Å². The van der Waals surface area contributed by atoms with Crippen LogP contribution >= 0.6 is 11.3 Å². The van der Waals surface area contributed by atoms with E-state index in [0.717, 1.165) is 11.1 Å². The summed E-state index contributed by atoms with van der Waals surface area (Å²) < 4.78 is 44.1. The van der Waals surface area contributed by atoms with Crippen molar-refractivity contribution in [2.75, 3.05) is 23.3 Å². The third-order valence-electron chi connectivity index (χ3n) is 4.32. The first kappa shape index (κ1) is 20.0. The van der Waals surface area contributed by atoms with Gasteiger partial charge in [-0.3, -0.25) is 5.32 Å². The molecule has 3 heterocycles. The number of hydrogen-bond acceptors (Lipinski definition) is 7. The van der Waals surface area contributed by atoms with Crippen LogP contribution in [0.15, 0.2) is 53.2 Å². The van der Waals surface area contributed by atoms with Crippen LogP contribution in [0.4, 0.5) is 28.7 Å². The summed E-state index contributed by atoms with van der Waals surface area (Å²) in [5.74, 6) is -1.14. The minimum Gasteiger partial charge on any atom is -0.442 e. The first-order chi connectivity index (χ1) is 14.3. The van der Waals surface area contributed by atoms with Gasteiger partial charge in [-0.2, -0.15) is 13.2 Å². The van der Waals surface area contributed by atoms with Gasteiger partial charge >= 0.3 is 18.2 Å². The van der Waals surface area contributed by atoms with E-state index in [2.05, 4.69) is 15.3 Å². The Hall–Kier alpha value is -3.34. The van der Waals surface area contributed by atoms with E-state index >= 15 is 0 Å². The van der Waals surface area contributed by atoms with Gasteiger partial charge in [-0.05, 0) is 30.3 Å². The van der Waals surface area contributed by atoms with Gasteiger partial charge in [0.1, 0.15) is 6.10 Å². The van der Waals surface area contributed by atoms with Crippen LogP contribution in [-0.4, -0.2) is 43.1 Å². The Balaban J connectivity index is 1.33. The summed E-state index contributed by atoms with van der Waals surface area (Å²) in [6, 6.07) is 12.2. The van der Waals surface area contributed by atoms with Gasteiger partial charge in [-0.15, -0.1) is 11.3 Å². The monoisotopic (exact) mass is 437 g/mol. The quantitative estimate of drug-likeness (QED) is 0.577. The normalized spacial score (nSPS) is 18.1. The number of hydrogen-bond donors (Lipinski definition) is 1. The third kappa shape index (κ3) is 4.30. The lowest BCUT2D eigenvalue weighted by Gasteiger charge is -2.38. The average Bonchev–Trinajstić information content (AvgIpc) is 3.26. The molecule has 0 unspecified atom stereocenters. The number of ether oxygens (including phenoxy) is 1. The summed E-state index contributed by atoms with van der Waals surface area (Å²) in [6.45, 7) is 0.909. The fourth-order valence-electron chi connectivity index (χ4n) is 2.86. The molecule has 2 aliphatic rings. The van der Waals surface area contributed by atoms with Crippen LogP contribution in [0, 0.1) is 0 Å². The summed E-state index contributed by atoms with van der Waals surface area (Å²) in [7, 11) is 0. The van der Waals surface area contributed by atoms with Gasteiger partial charge in [-0.25, -0.2) is 9.59 Å². The number of benzene rings is 1. The SMILES string of the molecule is O=C(Nc1ccccc1)OC1CN(c2ccc(C=C3C(=O)ON=C3C(F)(F)F)s2)C1. The largest absolute Gasteiger partial charge is 0.442 e. The van der Waals surface area contributed by atoms with Gasteiger partial charge in [-0.1, -0.05) is 23.4 Å². The Morgan fingerprint density at radius 2 is 1.97 bits per heavy atom. The van der Waals surface area contributed by atoms with Gasteiger partial charge in [0.25, 0.3) is 0 Å². The van der Waals surface area contributed by atoms with Crippen LogP contribution in [0.3, 0.4) is 0 Å². The molecule has 1 aromatic heterocycles. The van der Waals surface area contributed by atoms with Gasteiger partial charge in [0.05, 0.1) is 23.7 Å². The number of carbonyl (C=O) groups excluding carboxylic acids is 2. The number of nitrogens with one attached hydrogen (secondary N) is 1. The smallest absolute Gasteiger partial charge is 0.437 e. The molecule has 0 spiro atoms. The molecule has 1 amide bonds. The van der Waals surface area contributed by atoms with E-state index in [0.29, 0.717) is 23.7 Å². The van der Waals surface area contributed by atoms with Gasteiger partial charge in [0.15, 0.2) is 5.71 Å². The number of nitrogens with zero attached hydrogens (tertiary/aromatic N) is 2. The van der Waals surface area contributed by atoms with Crippen LogP contribution in [-0.2, 0) is 14.4 Å². The fraction of sp³-hybridized carbons (Fsp3) is 0.211. The minimum atomic E-state index is -4.78. The zero-order valence-electron chi connectivity index (χ0n) is 15.2. The number of alkyl halides is 3. The second kappa shape index (κ2) is 7.82. The zero-order valence-corrected chi connectivity index (χ0v) is 16.0. The Labute approximate surface area is 172 Å². The van der Waals surface area contributed by atoms with Crippen molar-refractivity contribution in [3.63, 3.8) is 0 Å². The molecule has 0 aliphatic carbocycles. The van der Waals surface area contributed by atoms with Crippen molar-refractivity contribution in [1.82, 2.24) is 0 Å². The van der Waals surface area contributed by atoms with Crippen molar-refractivity contribution >= 4 is 45.9 Å². The van der Waals surface area contributed by atoms with Crippen LogP contribution in [0.2, 0.25) is 0 Å². The Morgan fingerprint density at radius 3 is 2.67 bits per heavy atom.